The van der Waals surface area contributed by atoms with Crippen molar-refractivity contribution in [2.45, 2.75) is 39.9 Å². The fourth-order valence-electron chi connectivity index (χ4n) is 2.74. The van der Waals surface area contributed by atoms with Crippen LogP contribution in [0.2, 0.25) is 0 Å². The molecule has 2 rings (SSSR count). The summed E-state index contributed by atoms with van der Waals surface area (Å²) in [5.41, 5.74) is 8.19. The lowest BCUT2D eigenvalue weighted by Crippen LogP contribution is -2.51. The van der Waals surface area contributed by atoms with Gasteiger partial charge in [0.05, 0.1) is 11.4 Å². The van der Waals surface area contributed by atoms with E-state index in [1.54, 1.807) is 0 Å². The molecule has 5 nitrogen and oxygen atoms in total. The highest BCUT2D eigenvalue weighted by Crippen LogP contribution is 2.11. The molecule has 1 saturated heterocycles. The smallest absolute Gasteiger partial charge is 0.0597 e. The van der Waals surface area contributed by atoms with Crippen molar-refractivity contribution in [1.29, 1.82) is 0 Å². The van der Waals surface area contributed by atoms with Crippen LogP contribution in [0.1, 0.15) is 25.2 Å². The maximum absolute atomic E-state index is 5.73. The van der Waals surface area contributed by atoms with Gasteiger partial charge in [-0.3, -0.25) is 14.5 Å². The molecule has 2 heterocycles. The molecule has 1 unspecified atom stereocenters. The summed E-state index contributed by atoms with van der Waals surface area (Å²) >= 11 is 0. The Morgan fingerprint density at radius 2 is 2.00 bits per heavy atom. The van der Waals surface area contributed by atoms with E-state index >= 15 is 0 Å². The highest BCUT2D eigenvalue weighted by atomic mass is 15.3. The Labute approximate surface area is 116 Å². The molecule has 0 radical (unpaired) electrons. The van der Waals surface area contributed by atoms with Crippen molar-refractivity contribution in [3.05, 3.63) is 17.5 Å². The van der Waals surface area contributed by atoms with Crippen LogP contribution >= 0.6 is 0 Å². The number of aromatic nitrogens is 2. The van der Waals surface area contributed by atoms with Crippen LogP contribution in [0.3, 0.4) is 0 Å². The molecule has 1 aromatic heterocycles. The summed E-state index contributed by atoms with van der Waals surface area (Å²) in [5, 5.41) is 4.51. The topological polar surface area (TPSA) is 50.3 Å². The zero-order valence-corrected chi connectivity index (χ0v) is 12.5. The molecule has 5 heteroatoms. The summed E-state index contributed by atoms with van der Waals surface area (Å²) in [6.07, 6.45) is 0. The summed E-state index contributed by atoms with van der Waals surface area (Å²) in [5.74, 6) is 0. The average Bonchev–Trinajstić information content (AvgIpc) is 2.78. The molecule has 108 valence electrons. The molecule has 0 spiro atoms. The van der Waals surface area contributed by atoms with Crippen LogP contribution in [0, 0.1) is 6.92 Å². The fourth-order valence-corrected chi connectivity index (χ4v) is 2.74. The third kappa shape index (κ3) is 3.55. The Bertz CT molecular complexity index is 393. The molecule has 0 bridgehead atoms. The monoisotopic (exact) mass is 265 g/mol. The lowest BCUT2D eigenvalue weighted by atomic mass is 10.2. The van der Waals surface area contributed by atoms with Crippen molar-refractivity contribution < 1.29 is 0 Å². The van der Waals surface area contributed by atoms with E-state index in [1.165, 1.54) is 5.69 Å². The fraction of sp³-hybridized carbons (Fsp3) is 0.786. The van der Waals surface area contributed by atoms with E-state index in [0.29, 0.717) is 6.04 Å². The van der Waals surface area contributed by atoms with Crippen molar-refractivity contribution in [3.8, 4) is 0 Å². The number of hydrogen-bond acceptors (Lipinski definition) is 4. The minimum Gasteiger partial charge on any atom is -0.329 e. The Kier molecular flexibility index (Phi) is 4.96. The largest absolute Gasteiger partial charge is 0.329 e. The van der Waals surface area contributed by atoms with Crippen LogP contribution in [0.15, 0.2) is 6.07 Å². The number of aryl methyl sites for hydroxylation is 2. The van der Waals surface area contributed by atoms with Gasteiger partial charge in [0, 0.05) is 51.9 Å². The molecule has 1 fully saturated rings. The van der Waals surface area contributed by atoms with Crippen LogP contribution in [0.25, 0.3) is 0 Å². The van der Waals surface area contributed by atoms with Crippen molar-refractivity contribution >= 4 is 0 Å². The predicted octanol–water partition coefficient (Wildman–Crippen LogP) is 0.676. The Morgan fingerprint density at radius 1 is 1.32 bits per heavy atom. The highest BCUT2D eigenvalue weighted by molar-refractivity contribution is 5.09. The molecular weight excluding hydrogens is 238 g/mol. The van der Waals surface area contributed by atoms with Crippen molar-refractivity contribution in [1.82, 2.24) is 19.6 Å². The molecule has 0 aliphatic carbocycles. The number of nitrogens with two attached hydrogens (primary N) is 1. The van der Waals surface area contributed by atoms with Gasteiger partial charge < -0.3 is 5.73 Å². The van der Waals surface area contributed by atoms with Crippen molar-refractivity contribution in [2.24, 2.45) is 5.73 Å². The Morgan fingerprint density at radius 3 is 2.58 bits per heavy atom. The molecule has 19 heavy (non-hydrogen) atoms. The van der Waals surface area contributed by atoms with E-state index < -0.39 is 0 Å². The van der Waals surface area contributed by atoms with Crippen LogP contribution in [0.4, 0.5) is 0 Å². The Balaban J connectivity index is 1.88. The summed E-state index contributed by atoms with van der Waals surface area (Å²) < 4.78 is 2.12. The number of hydrogen-bond donors (Lipinski definition) is 1. The second kappa shape index (κ2) is 6.50. The van der Waals surface area contributed by atoms with Gasteiger partial charge in [-0.2, -0.15) is 5.10 Å². The molecule has 2 N–H and O–H groups in total. The summed E-state index contributed by atoms with van der Waals surface area (Å²) in [4.78, 5) is 5.00. The van der Waals surface area contributed by atoms with Crippen LogP contribution in [-0.2, 0) is 13.1 Å². The van der Waals surface area contributed by atoms with Gasteiger partial charge in [-0.25, -0.2) is 0 Å². The molecular formula is C14H27N5. The third-order valence-electron chi connectivity index (χ3n) is 4.04. The molecule has 1 aliphatic heterocycles. The van der Waals surface area contributed by atoms with E-state index in [9.17, 15) is 0 Å². The standard InChI is InChI=1S/C14H27N5/c1-4-19-14(9-12(2)16-19)11-17-5-7-18(8-6-17)13(3)10-15/h9,13H,4-8,10-11,15H2,1-3H3. The van der Waals surface area contributed by atoms with Crippen LogP contribution in [-0.4, -0.2) is 58.3 Å². The summed E-state index contributed by atoms with van der Waals surface area (Å²) in [6, 6.07) is 2.71. The lowest BCUT2D eigenvalue weighted by molar-refractivity contribution is 0.0987. The summed E-state index contributed by atoms with van der Waals surface area (Å²) in [7, 11) is 0. The van der Waals surface area contributed by atoms with E-state index in [1.807, 2.05) is 0 Å². The van der Waals surface area contributed by atoms with Crippen LogP contribution in [0.5, 0.6) is 0 Å². The normalized spacial score (nSPS) is 19.8. The van der Waals surface area contributed by atoms with Gasteiger partial charge in [-0.15, -0.1) is 0 Å². The number of piperazine rings is 1. The van der Waals surface area contributed by atoms with Gasteiger partial charge in [0.15, 0.2) is 0 Å². The maximum Gasteiger partial charge on any atom is 0.0597 e. The highest BCUT2D eigenvalue weighted by Gasteiger charge is 2.21. The van der Waals surface area contributed by atoms with Crippen molar-refractivity contribution in [3.63, 3.8) is 0 Å². The number of nitrogens with zero attached hydrogens (tertiary/aromatic N) is 4. The van der Waals surface area contributed by atoms with E-state index in [2.05, 4.69) is 46.4 Å². The molecule has 0 amide bonds. The quantitative estimate of drug-likeness (QED) is 0.850. The SMILES string of the molecule is CCn1nc(C)cc1CN1CCN(C(C)CN)CC1. The maximum atomic E-state index is 5.73. The van der Waals surface area contributed by atoms with E-state index in [4.69, 9.17) is 5.73 Å². The average molecular weight is 265 g/mol. The summed E-state index contributed by atoms with van der Waals surface area (Å²) in [6.45, 7) is 13.6. The first-order chi connectivity index (χ1) is 9.13. The van der Waals surface area contributed by atoms with Gasteiger partial charge in [-0.05, 0) is 26.8 Å². The van der Waals surface area contributed by atoms with Crippen LogP contribution < -0.4 is 5.73 Å². The van der Waals surface area contributed by atoms with Gasteiger partial charge in [0.1, 0.15) is 0 Å². The van der Waals surface area contributed by atoms with Gasteiger partial charge in [0.2, 0.25) is 0 Å². The molecule has 1 atom stereocenters. The first-order valence-corrected chi connectivity index (χ1v) is 7.33. The van der Waals surface area contributed by atoms with E-state index in [0.717, 1.165) is 51.5 Å². The molecule has 1 aromatic rings. The van der Waals surface area contributed by atoms with Gasteiger partial charge in [-0.1, -0.05) is 0 Å². The zero-order valence-electron chi connectivity index (χ0n) is 12.5. The predicted molar refractivity (Wildman–Crippen MR) is 78.0 cm³/mol. The minimum atomic E-state index is 0.505. The lowest BCUT2D eigenvalue weighted by Gasteiger charge is -2.37. The molecule has 0 aromatic carbocycles. The first-order valence-electron chi connectivity index (χ1n) is 7.33. The molecule has 1 aliphatic rings. The zero-order chi connectivity index (χ0) is 13.8. The number of rotatable bonds is 5. The molecule has 0 saturated carbocycles. The minimum absolute atomic E-state index is 0.505. The second-order valence-electron chi connectivity index (χ2n) is 5.49. The van der Waals surface area contributed by atoms with Gasteiger partial charge >= 0.3 is 0 Å². The Hall–Kier alpha value is -0.910. The van der Waals surface area contributed by atoms with Gasteiger partial charge in [0.25, 0.3) is 0 Å². The third-order valence-corrected chi connectivity index (χ3v) is 4.04. The first kappa shape index (κ1) is 14.5. The van der Waals surface area contributed by atoms with E-state index in [-0.39, 0.29) is 0 Å². The van der Waals surface area contributed by atoms with Crippen molar-refractivity contribution in [2.75, 3.05) is 32.7 Å². The second-order valence-corrected chi connectivity index (χ2v) is 5.49.